The first-order valence-corrected chi connectivity index (χ1v) is 10.8. The molecule has 8 heteroatoms. The van der Waals surface area contributed by atoms with E-state index in [0.717, 1.165) is 59.7 Å². The van der Waals surface area contributed by atoms with Crippen molar-refractivity contribution in [1.82, 2.24) is 24.6 Å². The number of hydrogen-bond donors (Lipinski definition) is 1. The predicted molar refractivity (Wildman–Crippen MR) is 115 cm³/mol. The molecular weight excluding hydrogens is 384 g/mol. The molecule has 3 aromatic rings. The van der Waals surface area contributed by atoms with E-state index in [1.165, 1.54) is 0 Å². The minimum absolute atomic E-state index is 0.136. The van der Waals surface area contributed by atoms with Gasteiger partial charge in [-0.25, -0.2) is 9.97 Å². The number of aryl methyl sites for hydroxylation is 3. The molecule has 0 aliphatic carbocycles. The van der Waals surface area contributed by atoms with Gasteiger partial charge in [0.25, 0.3) is 0 Å². The van der Waals surface area contributed by atoms with Crippen LogP contribution in [-0.2, 0) is 11.3 Å². The molecule has 7 nitrogen and oxygen atoms in total. The second kappa shape index (κ2) is 8.32. The number of amides is 1. The summed E-state index contributed by atoms with van der Waals surface area (Å²) in [6.07, 6.45) is 1.85. The van der Waals surface area contributed by atoms with Crippen molar-refractivity contribution in [3.05, 3.63) is 52.4 Å². The summed E-state index contributed by atoms with van der Waals surface area (Å²) in [6.45, 7) is 7.75. The third kappa shape index (κ3) is 4.64. The summed E-state index contributed by atoms with van der Waals surface area (Å²) in [7, 11) is 0. The Bertz CT molecular complexity index is 1000. The fraction of sp³-hybridized carbons (Fsp3) is 0.429. The summed E-state index contributed by atoms with van der Waals surface area (Å²) >= 11 is 1.58. The molecule has 0 spiro atoms. The highest BCUT2D eigenvalue weighted by atomic mass is 32.1. The van der Waals surface area contributed by atoms with Gasteiger partial charge < -0.3 is 10.2 Å². The number of carbonyl (C=O) groups is 1. The van der Waals surface area contributed by atoms with E-state index in [1.807, 2.05) is 49.3 Å². The normalized spacial score (nSPS) is 14.9. The maximum atomic E-state index is 12.7. The molecular formula is C21H26N6OS. The average molecular weight is 411 g/mol. The summed E-state index contributed by atoms with van der Waals surface area (Å²) in [4.78, 5) is 23.8. The Labute approximate surface area is 174 Å². The van der Waals surface area contributed by atoms with Crippen molar-refractivity contribution in [1.29, 1.82) is 0 Å². The van der Waals surface area contributed by atoms with Gasteiger partial charge in [0, 0.05) is 35.8 Å². The molecule has 0 bridgehead atoms. The van der Waals surface area contributed by atoms with Crippen LogP contribution in [0.15, 0.2) is 29.6 Å². The number of aromatic nitrogens is 4. The predicted octanol–water partition coefficient (Wildman–Crippen LogP) is 3.81. The number of nitrogens with zero attached hydrogens (tertiary/aromatic N) is 5. The van der Waals surface area contributed by atoms with E-state index in [1.54, 1.807) is 16.0 Å². The monoisotopic (exact) mass is 410 g/mol. The van der Waals surface area contributed by atoms with Crippen molar-refractivity contribution >= 4 is 28.2 Å². The van der Waals surface area contributed by atoms with E-state index in [2.05, 4.69) is 21.5 Å². The number of likely N-dealkylation sites (tertiary alicyclic amines) is 1. The molecule has 1 amide bonds. The minimum atomic E-state index is 0.136. The van der Waals surface area contributed by atoms with Crippen LogP contribution in [0, 0.1) is 20.8 Å². The van der Waals surface area contributed by atoms with Gasteiger partial charge in [-0.3, -0.25) is 9.48 Å². The molecule has 1 aliphatic rings. The minimum Gasteiger partial charge on any atom is -0.341 e. The molecule has 1 aliphatic heterocycles. The van der Waals surface area contributed by atoms with Crippen molar-refractivity contribution < 1.29 is 4.79 Å². The molecule has 1 saturated heterocycles. The number of hydrogen-bond acceptors (Lipinski definition) is 6. The molecule has 3 aromatic heterocycles. The largest absolute Gasteiger partial charge is 0.341 e. The van der Waals surface area contributed by atoms with Crippen LogP contribution in [-0.4, -0.2) is 43.6 Å². The topological polar surface area (TPSA) is 75.9 Å². The molecule has 0 radical (unpaired) electrons. The van der Waals surface area contributed by atoms with Crippen LogP contribution in [0.2, 0.25) is 0 Å². The Morgan fingerprint density at radius 3 is 2.62 bits per heavy atom. The van der Waals surface area contributed by atoms with Gasteiger partial charge in [-0.2, -0.15) is 5.10 Å². The van der Waals surface area contributed by atoms with Crippen LogP contribution in [0.5, 0.6) is 0 Å². The van der Waals surface area contributed by atoms with Crippen LogP contribution < -0.4 is 5.32 Å². The van der Waals surface area contributed by atoms with E-state index < -0.39 is 0 Å². The maximum Gasteiger partial charge on any atom is 0.244 e. The number of thiazole rings is 1. The van der Waals surface area contributed by atoms with Gasteiger partial charge in [0.2, 0.25) is 5.91 Å². The van der Waals surface area contributed by atoms with Crippen molar-refractivity contribution in [2.24, 2.45) is 0 Å². The van der Waals surface area contributed by atoms with Gasteiger partial charge >= 0.3 is 0 Å². The molecule has 0 saturated carbocycles. The zero-order valence-electron chi connectivity index (χ0n) is 17.1. The Balaban J connectivity index is 1.35. The molecule has 1 fully saturated rings. The summed E-state index contributed by atoms with van der Waals surface area (Å²) in [5.41, 5.74) is 4.05. The molecule has 0 aromatic carbocycles. The molecule has 29 heavy (non-hydrogen) atoms. The van der Waals surface area contributed by atoms with Gasteiger partial charge in [0.05, 0.1) is 11.4 Å². The lowest BCUT2D eigenvalue weighted by Gasteiger charge is -2.32. The second-order valence-corrected chi connectivity index (χ2v) is 8.46. The first kappa shape index (κ1) is 19.6. The van der Waals surface area contributed by atoms with E-state index in [9.17, 15) is 4.79 Å². The number of piperidine rings is 1. The SMILES string of the molecule is Cc1csc(Nc2cccc(C3CCN(C(=O)Cn4nc(C)cc4C)CC3)n2)n1. The quantitative estimate of drug-likeness (QED) is 0.692. The fourth-order valence-corrected chi connectivity index (χ4v) is 4.45. The van der Waals surface area contributed by atoms with Crippen LogP contribution >= 0.6 is 11.3 Å². The lowest BCUT2D eigenvalue weighted by molar-refractivity contribution is -0.133. The Morgan fingerprint density at radius 1 is 1.17 bits per heavy atom. The van der Waals surface area contributed by atoms with E-state index in [4.69, 9.17) is 4.98 Å². The van der Waals surface area contributed by atoms with Crippen LogP contribution in [0.4, 0.5) is 10.9 Å². The smallest absolute Gasteiger partial charge is 0.244 e. The summed E-state index contributed by atoms with van der Waals surface area (Å²) < 4.78 is 1.79. The highest BCUT2D eigenvalue weighted by Crippen LogP contribution is 2.28. The Morgan fingerprint density at radius 2 is 1.97 bits per heavy atom. The van der Waals surface area contributed by atoms with Crippen molar-refractivity contribution in [2.75, 3.05) is 18.4 Å². The van der Waals surface area contributed by atoms with E-state index in [0.29, 0.717) is 12.5 Å². The third-order valence-corrected chi connectivity index (χ3v) is 6.15. The van der Waals surface area contributed by atoms with Crippen LogP contribution in [0.25, 0.3) is 0 Å². The number of carbonyl (C=O) groups excluding carboxylic acids is 1. The molecule has 0 atom stereocenters. The highest BCUT2D eigenvalue weighted by molar-refractivity contribution is 7.13. The number of nitrogens with one attached hydrogen (secondary N) is 1. The first-order chi connectivity index (χ1) is 14.0. The highest BCUT2D eigenvalue weighted by Gasteiger charge is 2.25. The van der Waals surface area contributed by atoms with Crippen molar-refractivity contribution in [2.45, 2.75) is 46.1 Å². The molecule has 1 N–H and O–H groups in total. The second-order valence-electron chi connectivity index (χ2n) is 7.61. The van der Waals surface area contributed by atoms with Gasteiger partial charge in [-0.15, -0.1) is 11.3 Å². The van der Waals surface area contributed by atoms with E-state index >= 15 is 0 Å². The number of pyridine rings is 1. The summed E-state index contributed by atoms with van der Waals surface area (Å²) in [5.74, 6) is 1.32. The van der Waals surface area contributed by atoms with Gasteiger partial charge in [-0.05, 0) is 51.8 Å². The zero-order chi connectivity index (χ0) is 20.4. The Kier molecular flexibility index (Phi) is 5.62. The third-order valence-electron chi connectivity index (χ3n) is 5.28. The van der Waals surface area contributed by atoms with Gasteiger partial charge in [-0.1, -0.05) is 6.07 Å². The average Bonchev–Trinajstić information content (AvgIpc) is 3.26. The fourth-order valence-electron chi connectivity index (χ4n) is 3.76. The first-order valence-electron chi connectivity index (χ1n) is 9.93. The molecule has 4 heterocycles. The summed E-state index contributed by atoms with van der Waals surface area (Å²) in [5, 5.41) is 10.6. The maximum absolute atomic E-state index is 12.7. The Hall–Kier alpha value is -2.74. The molecule has 0 unspecified atom stereocenters. The van der Waals surface area contributed by atoms with Crippen molar-refractivity contribution in [3.63, 3.8) is 0 Å². The van der Waals surface area contributed by atoms with Crippen LogP contribution in [0.1, 0.15) is 41.5 Å². The lowest BCUT2D eigenvalue weighted by Crippen LogP contribution is -2.40. The molecule has 4 rings (SSSR count). The summed E-state index contributed by atoms with van der Waals surface area (Å²) in [6, 6.07) is 8.08. The van der Waals surface area contributed by atoms with Crippen molar-refractivity contribution in [3.8, 4) is 0 Å². The number of anilines is 2. The van der Waals surface area contributed by atoms with Gasteiger partial charge in [0.1, 0.15) is 12.4 Å². The van der Waals surface area contributed by atoms with Crippen LogP contribution in [0.3, 0.4) is 0 Å². The standard InChI is InChI=1S/C21H26N6OS/c1-14-11-16(3)27(25-14)12-20(28)26-9-7-17(8-10-26)18-5-4-6-19(23-18)24-21-22-15(2)13-29-21/h4-6,11,13,17H,7-10,12H2,1-3H3,(H,22,23,24). The molecule has 152 valence electrons. The van der Waals surface area contributed by atoms with E-state index in [-0.39, 0.29) is 5.91 Å². The zero-order valence-corrected chi connectivity index (χ0v) is 17.9. The number of rotatable bonds is 5. The van der Waals surface area contributed by atoms with Gasteiger partial charge in [0.15, 0.2) is 5.13 Å². The lowest BCUT2D eigenvalue weighted by atomic mass is 9.93.